The number of nitrogens with zero attached hydrogens (tertiary/aromatic N) is 2. The Labute approximate surface area is 144 Å². The summed E-state index contributed by atoms with van der Waals surface area (Å²) in [4.78, 5) is 13.6. The Morgan fingerprint density at radius 3 is 2.54 bits per heavy atom. The number of nitrogens with one attached hydrogen (secondary N) is 1. The first kappa shape index (κ1) is 19.0. The maximum absolute atomic E-state index is 12.7. The summed E-state index contributed by atoms with van der Waals surface area (Å²) in [6.45, 7) is 0.278. The lowest BCUT2D eigenvalue weighted by atomic mass is 9.84. The third-order valence-electron chi connectivity index (χ3n) is 4.69. The van der Waals surface area contributed by atoms with E-state index in [1.807, 2.05) is 0 Å². The molecule has 1 saturated carbocycles. The molecule has 24 heavy (non-hydrogen) atoms. The highest BCUT2D eigenvalue weighted by Gasteiger charge is 2.29. The van der Waals surface area contributed by atoms with Gasteiger partial charge in [-0.25, -0.2) is 13.1 Å². The Morgan fingerprint density at radius 1 is 1.38 bits per heavy atom. The van der Waals surface area contributed by atoms with Crippen LogP contribution >= 0.6 is 0 Å². The number of aromatic nitrogens is 1. The summed E-state index contributed by atoms with van der Waals surface area (Å²) >= 11 is 0. The van der Waals surface area contributed by atoms with Crippen molar-refractivity contribution in [1.29, 1.82) is 0 Å². The molecule has 0 aromatic carbocycles. The second kappa shape index (κ2) is 7.67. The first-order valence-corrected chi connectivity index (χ1v) is 9.85. The van der Waals surface area contributed by atoms with Crippen LogP contribution in [0.1, 0.15) is 42.6 Å². The lowest BCUT2D eigenvalue weighted by Gasteiger charge is -2.29. The van der Waals surface area contributed by atoms with Crippen molar-refractivity contribution in [3.63, 3.8) is 0 Å². The van der Waals surface area contributed by atoms with Gasteiger partial charge in [-0.05, 0) is 24.8 Å². The molecule has 1 amide bonds. The number of aryl methyl sites for hydroxylation is 1. The molecule has 0 spiro atoms. The minimum atomic E-state index is -3.70. The summed E-state index contributed by atoms with van der Waals surface area (Å²) < 4.78 is 29.7. The summed E-state index contributed by atoms with van der Waals surface area (Å²) in [6, 6.07) is 1.16. The van der Waals surface area contributed by atoms with Gasteiger partial charge in [0.25, 0.3) is 5.91 Å². The number of carbonyl (C=O) groups excluding carboxylic acids is 1. The van der Waals surface area contributed by atoms with Crippen molar-refractivity contribution in [2.24, 2.45) is 18.7 Å². The molecule has 8 heteroatoms. The zero-order chi connectivity index (χ0) is 17.9. The summed E-state index contributed by atoms with van der Waals surface area (Å²) in [7, 11) is 1.23. The second-order valence-corrected chi connectivity index (χ2v) is 8.45. The molecule has 1 aromatic rings. The molecule has 1 aromatic heterocycles. The van der Waals surface area contributed by atoms with Crippen LogP contribution in [0.3, 0.4) is 0 Å². The van der Waals surface area contributed by atoms with Gasteiger partial charge in [0, 0.05) is 39.9 Å². The molecule has 136 valence electrons. The van der Waals surface area contributed by atoms with Gasteiger partial charge in [0.1, 0.15) is 10.6 Å². The number of sulfonamides is 1. The zero-order valence-electron chi connectivity index (χ0n) is 14.7. The number of amides is 1. The highest BCUT2D eigenvalue weighted by Crippen LogP contribution is 2.27. The molecule has 3 N–H and O–H groups in total. The van der Waals surface area contributed by atoms with Gasteiger partial charge in [-0.1, -0.05) is 19.3 Å². The molecule has 1 heterocycles. The topological polar surface area (TPSA) is 97.4 Å². The Morgan fingerprint density at radius 2 is 2.00 bits per heavy atom. The second-order valence-electron chi connectivity index (χ2n) is 6.73. The van der Waals surface area contributed by atoms with Crippen LogP contribution in [0.5, 0.6) is 0 Å². The van der Waals surface area contributed by atoms with Gasteiger partial charge < -0.3 is 15.2 Å². The SMILES string of the molecule is CN(C)C(=O)c1cc(S(=O)(=O)NC(CN)C2CCCCC2)cn1C. The van der Waals surface area contributed by atoms with Gasteiger partial charge >= 0.3 is 0 Å². The minimum absolute atomic E-state index is 0.101. The van der Waals surface area contributed by atoms with Gasteiger partial charge in [-0.3, -0.25) is 4.79 Å². The maximum atomic E-state index is 12.7. The number of hydrogen-bond donors (Lipinski definition) is 2. The smallest absolute Gasteiger partial charge is 0.269 e. The van der Waals surface area contributed by atoms with Crippen LogP contribution in [-0.4, -0.2) is 50.5 Å². The van der Waals surface area contributed by atoms with E-state index in [2.05, 4.69) is 4.72 Å². The summed E-state index contributed by atoms with van der Waals surface area (Å²) in [5, 5.41) is 0. The van der Waals surface area contributed by atoms with Gasteiger partial charge in [0.2, 0.25) is 10.0 Å². The molecule has 0 radical (unpaired) electrons. The Hall–Kier alpha value is -1.38. The highest BCUT2D eigenvalue weighted by molar-refractivity contribution is 7.89. The van der Waals surface area contributed by atoms with Gasteiger partial charge in [0.05, 0.1) is 0 Å². The van der Waals surface area contributed by atoms with E-state index in [4.69, 9.17) is 5.73 Å². The van der Waals surface area contributed by atoms with E-state index in [-0.39, 0.29) is 29.3 Å². The van der Waals surface area contributed by atoms with Crippen molar-refractivity contribution in [2.45, 2.75) is 43.0 Å². The average Bonchev–Trinajstić information content (AvgIpc) is 2.95. The highest BCUT2D eigenvalue weighted by atomic mass is 32.2. The zero-order valence-corrected chi connectivity index (χ0v) is 15.5. The van der Waals surface area contributed by atoms with E-state index < -0.39 is 10.0 Å². The molecule has 1 aliphatic carbocycles. The molecule has 7 nitrogen and oxygen atoms in total. The van der Waals surface area contributed by atoms with E-state index >= 15 is 0 Å². The van der Waals surface area contributed by atoms with Crippen LogP contribution in [0.4, 0.5) is 0 Å². The third kappa shape index (κ3) is 4.17. The van der Waals surface area contributed by atoms with Crippen LogP contribution in [-0.2, 0) is 17.1 Å². The molecule has 1 unspecified atom stereocenters. The number of nitrogens with two attached hydrogens (primary N) is 1. The van der Waals surface area contributed by atoms with Crippen molar-refractivity contribution in [3.05, 3.63) is 18.0 Å². The summed E-state index contributed by atoms with van der Waals surface area (Å²) in [5.41, 5.74) is 6.15. The van der Waals surface area contributed by atoms with E-state index in [1.54, 1.807) is 21.1 Å². The maximum Gasteiger partial charge on any atom is 0.269 e. The molecule has 0 bridgehead atoms. The largest absolute Gasteiger partial charge is 0.345 e. The molecular formula is C16H28N4O3S. The fourth-order valence-corrected chi connectivity index (χ4v) is 4.65. The minimum Gasteiger partial charge on any atom is -0.345 e. The van der Waals surface area contributed by atoms with Crippen molar-refractivity contribution in [3.8, 4) is 0 Å². The van der Waals surface area contributed by atoms with Gasteiger partial charge in [0.15, 0.2) is 0 Å². The van der Waals surface area contributed by atoms with E-state index in [9.17, 15) is 13.2 Å². The predicted octanol–water partition coefficient (Wildman–Crippen LogP) is 0.913. The number of hydrogen-bond acceptors (Lipinski definition) is 4. The Bertz CT molecular complexity index is 675. The van der Waals surface area contributed by atoms with E-state index in [0.29, 0.717) is 5.69 Å². The third-order valence-corrected chi connectivity index (χ3v) is 6.15. The van der Waals surface area contributed by atoms with Crippen LogP contribution in [0.15, 0.2) is 17.2 Å². The molecule has 0 aliphatic heterocycles. The monoisotopic (exact) mass is 356 g/mol. The first-order valence-electron chi connectivity index (χ1n) is 8.36. The quantitative estimate of drug-likeness (QED) is 0.792. The molecule has 0 saturated heterocycles. The Kier molecular flexibility index (Phi) is 6.06. The standard InChI is InChI=1S/C16H28N4O3S/c1-19(2)16(21)15-9-13(11-20(15)3)24(22,23)18-14(10-17)12-7-5-4-6-8-12/h9,11-12,14,18H,4-8,10,17H2,1-3H3. The van der Waals surface area contributed by atoms with Crippen LogP contribution in [0.25, 0.3) is 0 Å². The van der Waals surface area contributed by atoms with E-state index in [0.717, 1.165) is 25.7 Å². The number of carbonyl (C=O) groups is 1. The molecule has 1 aliphatic rings. The van der Waals surface area contributed by atoms with Crippen molar-refractivity contribution < 1.29 is 13.2 Å². The molecule has 1 fully saturated rings. The molecule has 2 rings (SSSR count). The van der Waals surface area contributed by atoms with Crippen molar-refractivity contribution in [1.82, 2.24) is 14.2 Å². The van der Waals surface area contributed by atoms with Crippen LogP contribution in [0, 0.1) is 5.92 Å². The Balaban J connectivity index is 2.20. The summed E-state index contributed by atoms with van der Waals surface area (Å²) in [6.07, 6.45) is 6.92. The van der Waals surface area contributed by atoms with E-state index in [1.165, 1.54) is 28.2 Å². The molecular weight excluding hydrogens is 328 g/mol. The lowest BCUT2D eigenvalue weighted by molar-refractivity contribution is 0.0818. The van der Waals surface area contributed by atoms with Crippen molar-refractivity contribution in [2.75, 3.05) is 20.6 Å². The van der Waals surface area contributed by atoms with Gasteiger partial charge in [-0.2, -0.15) is 0 Å². The number of rotatable bonds is 6. The molecule has 1 atom stereocenters. The normalized spacial score (nSPS) is 17.7. The van der Waals surface area contributed by atoms with Crippen LogP contribution in [0.2, 0.25) is 0 Å². The van der Waals surface area contributed by atoms with Crippen molar-refractivity contribution >= 4 is 15.9 Å². The fourth-order valence-electron chi connectivity index (χ4n) is 3.26. The average molecular weight is 356 g/mol. The summed E-state index contributed by atoms with van der Waals surface area (Å²) in [5.74, 6) is 0.0479. The van der Waals surface area contributed by atoms with Gasteiger partial charge in [-0.15, -0.1) is 0 Å². The first-order chi connectivity index (χ1) is 11.3. The fraction of sp³-hybridized carbons (Fsp3) is 0.688. The predicted molar refractivity (Wildman–Crippen MR) is 93.2 cm³/mol. The lowest BCUT2D eigenvalue weighted by Crippen LogP contribution is -2.45. The van der Waals surface area contributed by atoms with Crippen LogP contribution < -0.4 is 10.5 Å².